The van der Waals surface area contributed by atoms with Gasteiger partial charge in [0.1, 0.15) is 23.2 Å². The monoisotopic (exact) mass is 615 g/mol. The van der Waals surface area contributed by atoms with Crippen LogP contribution in [0.4, 0.5) is 16.2 Å². The van der Waals surface area contributed by atoms with E-state index in [1.54, 1.807) is 40.0 Å². The van der Waals surface area contributed by atoms with E-state index >= 15 is 0 Å². The summed E-state index contributed by atoms with van der Waals surface area (Å²) < 4.78 is 45.9. The number of hydrogen-bond acceptors (Lipinski definition) is 9. The van der Waals surface area contributed by atoms with E-state index in [9.17, 15) is 23.1 Å². The summed E-state index contributed by atoms with van der Waals surface area (Å²) >= 11 is 0. The van der Waals surface area contributed by atoms with Gasteiger partial charge in [-0.15, -0.1) is 0 Å². The number of ether oxygens (including phenoxy) is 2. The number of likely N-dealkylation sites (N-methyl/N-ethyl adjacent to an activating group) is 1. The van der Waals surface area contributed by atoms with Crippen LogP contribution in [0.2, 0.25) is 0 Å². The number of rotatable bonds is 9. The number of nitrogens with one attached hydrogen (secondary N) is 2. The third-order valence-corrected chi connectivity index (χ3v) is 8.75. The number of benzene rings is 2. The summed E-state index contributed by atoms with van der Waals surface area (Å²) in [7, 11) is -1.01. The summed E-state index contributed by atoms with van der Waals surface area (Å²) in [5.41, 5.74) is 1.18. The maximum Gasteiger partial charge on any atom is 0.321 e. The zero-order valence-electron chi connectivity index (χ0n) is 24.9. The number of carbonyl (C=O) groups is 2. The molecule has 0 aliphatic carbocycles. The molecule has 43 heavy (non-hydrogen) atoms. The minimum absolute atomic E-state index is 0.0146. The molecule has 14 heteroatoms. The Morgan fingerprint density at radius 3 is 2.53 bits per heavy atom. The van der Waals surface area contributed by atoms with Crippen LogP contribution in [0.15, 0.2) is 51.9 Å². The van der Waals surface area contributed by atoms with Crippen LogP contribution >= 0.6 is 0 Å². The second-order valence-electron chi connectivity index (χ2n) is 10.6. The van der Waals surface area contributed by atoms with Gasteiger partial charge in [-0.05, 0) is 57.2 Å². The summed E-state index contributed by atoms with van der Waals surface area (Å²) in [6, 6.07) is 9.50. The van der Waals surface area contributed by atoms with Crippen molar-refractivity contribution in [1.29, 1.82) is 0 Å². The molecule has 0 fully saturated rings. The largest absolute Gasteiger partial charge is 0.497 e. The van der Waals surface area contributed by atoms with E-state index in [1.165, 1.54) is 47.2 Å². The van der Waals surface area contributed by atoms with Gasteiger partial charge in [-0.25, -0.2) is 13.2 Å². The molecule has 3 N–H and O–H groups in total. The van der Waals surface area contributed by atoms with Crippen molar-refractivity contribution >= 4 is 33.3 Å². The van der Waals surface area contributed by atoms with Crippen molar-refractivity contribution in [3.63, 3.8) is 0 Å². The number of aryl methyl sites for hydroxylation is 2. The van der Waals surface area contributed by atoms with Crippen LogP contribution in [0.3, 0.4) is 0 Å². The minimum atomic E-state index is -4.09. The van der Waals surface area contributed by atoms with Crippen LogP contribution < -0.4 is 19.5 Å². The normalized spacial score (nSPS) is 17.7. The first-order chi connectivity index (χ1) is 20.4. The molecule has 2 heterocycles. The average molecular weight is 616 g/mol. The quantitative estimate of drug-likeness (QED) is 0.327. The molecule has 1 aliphatic heterocycles. The third-order valence-electron chi connectivity index (χ3n) is 7.37. The van der Waals surface area contributed by atoms with E-state index in [1.807, 2.05) is 6.92 Å². The van der Waals surface area contributed by atoms with Gasteiger partial charge in [-0.3, -0.25) is 9.52 Å². The lowest BCUT2D eigenvalue weighted by Crippen LogP contribution is -2.50. The highest BCUT2D eigenvalue weighted by atomic mass is 32.2. The van der Waals surface area contributed by atoms with Gasteiger partial charge in [0.2, 0.25) is 0 Å². The number of carbonyl (C=O) groups excluding carboxylic acids is 2. The Morgan fingerprint density at radius 1 is 1.23 bits per heavy atom. The van der Waals surface area contributed by atoms with Gasteiger partial charge >= 0.3 is 6.03 Å². The lowest BCUT2D eigenvalue weighted by molar-refractivity contribution is 0.0373. The summed E-state index contributed by atoms with van der Waals surface area (Å²) in [5, 5.41) is 16.6. The van der Waals surface area contributed by atoms with Crippen LogP contribution in [-0.2, 0) is 10.0 Å². The Balaban J connectivity index is 1.69. The molecule has 232 valence electrons. The molecular weight excluding hydrogens is 578 g/mol. The Kier molecular flexibility index (Phi) is 9.50. The molecule has 3 aromatic rings. The number of sulfonamides is 1. The highest BCUT2D eigenvalue weighted by Crippen LogP contribution is 2.36. The summed E-state index contributed by atoms with van der Waals surface area (Å²) in [5.74, 6) is 0.235. The molecule has 3 amide bonds. The first-order valence-corrected chi connectivity index (χ1v) is 15.2. The predicted molar refractivity (Wildman–Crippen MR) is 159 cm³/mol. The van der Waals surface area contributed by atoms with Gasteiger partial charge < -0.3 is 34.2 Å². The van der Waals surface area contributed by atoms with Crippen LogP contribution in [0.25, 0.3) is 0 Å². The standard InChI is InChI=1S/C29H37N5O8S/c1-17-14-34(18(2)16-35)28(36)23-8-7-9-24(32-43(38,39)22-12-10-21(40-6)11-13-22)27(23)41-25(17)15-33(5)29(37)30-26-19(3)31-42-20(26)4/h7-13,17-18,25,32,35H,14-16H2,1-6H3,(H,30,37)/t17-,18-,25-/m1/s1. The van der Waals surface area contributed by atoms with Gasteiger partial charge in [0, 0.05) is 19.5 Å². The Bertz CT molecular complexity index is 1550. The van der Waals surface area contributed by atoms with Crippen molar-refractivity contribution in [1.82, 2.24) is 15.0 Å². The molecule has 0 spiro atoms. The lowest BCUT2D eigenvalue weighted by atomic mass is 9.99. The minimum Gasteiger partial charge on any atom is -0.497 e. The number of urea groups is 1. The zero-order chi connectivity index (χ0) is 31.5. The topological polar surface area (TPSA) is 164 Å². The maximum absolute atomic E-state index is 13.7. The van der Waals surface area contributed by atoms with Crippen LogP contribution in [0, 0.1) is 19.8 Å². The van der Waals surface area contributed by atoms with E-state index in [-0.39, 0.29) is 47.5 Å². The van der Waals surface area contributed by atoms with E-state index in [0.717, 1.165) is 0 Å². The molecule has 0 unspecified atom stereocenters. The molecular formula is C29H37N5O8S. The molecule has 4 rings (SSSR count). The molecule has 3 atom stereocenters. The number of amides is 3. The number of hydrogen-bond donors (Lipinski definition) is 3. The second kappa shape index (κ2) is 12.9. The van der Waals surface area contributed by atoms with E-state index in [0.29, 0.717) is 22.9 Å². The molecule has 0 radical (unpaired) electrons. The second-order valence-corrected chi connectivity index (χ2v) is 12.3. The number of nitrogens with zero attached hydrogens (tertiary/aromatic N) is 3. The zero-order valence-corrected chi connectivity index (χ0v) is 25.8. The molecule has 0 bridgehead atoms. The summed E-state index contributed by atoms with van der Waals surface area (Å²) in [4.78, 5) is 29.8. The molecule has 13 nitrogen and oxygen atoms in total. The van der Waals surface area contributed by atoms with Crippen molar-refractivity contribution in [2.24, 2.45) is 5.92 Å². The van der Waals surface area contributed by atoms with Crippen molar-refractivity contribution in [3.05, 3.63) is 59.5 Å². The van der Waals surface area contributed by atoms with Gasteiger partial charge in [0.15, 0.2) is 11.5 Å². The Morgan fingerprint density at radius 2 is 1.93 bits per heavy atom. The van der Waals surface area contributed by atoms with Gasteiger partial charge in [-0.2, -0.15) is 0 Å². The Labute approximate surface area is 250 Å². The molecule has 1 aliphatic rings. The summed E-state index contributed by atoms with van der Waals surface area (Å²) in [6.07, 6.45) is -0.674. The number of aliphatic hydroxyl groups is 1. The number of aliphatic hydroxyl groups excluding tert-OH is 1. The maximum atomic E-state index is 13.7. The van der Waals surface area contributed by atoms with Crippen LogP contribution in [0.1, 0.15) is 35.7 Å². The lowest BCUT2D eigenvalue weighted by Gasteiger charge is -2.38. The fourth-order valence-electron chi connectivity index (χ4n) is 4.72. The molecule has 2 aromatic carbocycles. The SMILES string of the molecule is COc1ccc(S(=O)(=O)Nc2cccc3c2O[C@H](CN(C)C(=O)Nc2c(C)noc2C)[C@H](C)CN([C@H](C)CO)C3=O)cc1. The van der Waals surface area contributed by atoms with Crippen LogP contribution in [0.5, 0.6) is 11.5 Å². The van der Waals surface area contributed by atoms with Gasteiger partial charge in [0.25, 0.3) is 15.9 Å². The first-order valence-electron chi connectivity index (χ1n) is 13.7. The molecule has 0 saturated carbocycles. The number of methoxy groups -OCH3 is 1. The molecule has 1 aromatic heterocycles. The third kappa shape index (κ3) is 6.86. The fourth-order valence-corrected chi connectivity index (χ4v) is 5.78. The molecule has 0 saturated heterocycles. The van der Waals surface area contributed by atoms with E-state index < -0.39 is 34.1 Å². The van der Waals surface area contributed by atoms with E-state index in [4.69, 9.17) is 14.0 Å². The number of anilines is 2. The number of aromatic nitrogens is 1. The van der Waals surface area contributed by atoms with Gasteiger partial charge in [0.05, 0.1) is 42.4 Å². The predicted octanol–water partition coefficient (Wildman–Crippen LogP) is 3.48. The number of fused-ring (bicyclic) bond motifs is 1. The smallest absolute Gasteiger partial charge is 0.321 e. The van der Waals surface area contributed by atoms with Crippen molar-refractivity contribution < 1.29 is 37.1 Å². The number of para-hydroxylation sites is 1. The van der Waals surface area contributed by atoms with Crippen molar-refractivity contribution in [3.8, 4) is 11.5 Å². The Hall–Kier alpha value is -4.30. The first kappa shape index (κ1) is 31.6. The average Bonchev–Trinajstić information content (AvgIpc) is 3.30. The van der Waals surface area contributed by atoms with Crippen molar-refractivity contribution in [2.45, 2.75) is 44.7 Å². The van der Waals surface area contributed by atoms with Crippen LogP contribution in [-0.4, -0.2) is 86.4 Å². The highest BCUT2D eigenvalue weighted by molar-refractivity contribution is 7.92. The van der Waals surface area contributed by atoms with E-state index in [2.05, 4.69) is 15.2 Å². The highest BCUT2D eigenvalue weighted by Gasteiger charge is 2.35. The van der Waals surface area contributed by atoms with Crippen molar-refractivity contribution in [2.75, 3.05) is 43.9 Å². The fraction of sp³-hybridized carbons (Fsp3) is 0.414. The summed E-state index contributed by atoms with van der Waals surface area (Å²) in [6.45, 7) is 7.03. The van der Waals surface area contributed by atoms with Gasteiger partial charge in [-0.1, -0.05) is 18.1 Å².